The molecular weight excluding hydrogens is 306 g/mol. The third-order valence-electron chi connectivity index (χ3n) is 2.51. The molecule has 0 aliphatic rings. The van der Waals surface area contributed by atoms with Gasteiger partial charge in [-0.25, -0.2) is 0 Å². The number of halogens is 2. The van der Waals surface area contributed by atoms with E-state index in [0.29, 0.717) is 5.41 Å². The third kappa shape index (κ3) is 5.67. The van der Waals surface area contributed by atoms with Crippen LogP contribution in [0, 0.1) is 5.41 Å². The van der Waals surface area contributed by atoms with Crippen LogP contribution < -0.4 is 5.32 Å². The van der Waals surface area contributed by atoms with Crippen LogP contribution in [0.5, 0.6) is 0 Å². The number of hydrogen-bond acceptors (Lipinski definition) is 2. The molecule has 1 N–H and O–H groups in total. The van der Waals surface area contributed by atoms with Gasteiger partial charge in [0.15, 0.2) is 0 Å². The van der Waals surface area contributed by atoms with Gasteiger partial charge < -0.3 is 5.32 Å². The van der Waals surface area contributed by atoms with Gasteiger partial charge in [0.25, 0.3) is 0 Å². The highest BCUT2D eigenvalue weighted by molar-refractivity contribution is 9.10. The molecule has 92 valence electrons. The number of hydrogen-bond donors (Lipinski definition) is 1. The summed E-state index contributed by atoms with van der Waals surface area (Å²) < 4.78 is 1.18. The summed E-state index contributed by atoms with van der Waals surface area (Å²) in [5, 5.41) is 5.63. The smallest absolute Gasteiger partial charge is 0.0300 e. The second kappa shape index (κ2) is 7.00. The molecule has 0 bridgehead atoms. The lowest BCUT2D eigenvalue weighted by molar-refractivity contribution is 0.311. The zero-order valence-corrected chi connectivity index (χ0v) is 13.0. The van der Waals surface area contributed by atoms with Crippen LogP contribution in [0.25, 0.3) is 0 Å². The van der Waals surface area contributed by atoms with Crippen molar-refractivity contribution in [1.82, 2.24) is 5.32 Å². The summed E-state index contributed by atoms with van der Waals surface area (Å²) in [6.45, 7) is 6.58. The molecule has 1 rings (SSSR count). The minimum atomic E-state index is 0.337. The molecule has 0 atom stereocenters. The van der Waals surface area contributed by atoms with Crippen molar-refractivity contribution >= 4 is 38.9 Å². The Kier molecular flexibility index (Phi) is 6.34. The van der Waals surface area contributed by atoms with Gasteiger partial charge in [-0.05, 0) is 40.3 Å². The molecule has 0 radical (unpaired) electrons. The quantitative estimate of drug-likeness (QED) is 0.720. The molecule has 1 nitrogen and oxygen atoms in total. The molecule has 0 saturated heterocycles. The van der Waals surface area contributed by atoms with Crippen LogP contribution in [-0.2, 0) is 6.54 Å². The van der Waals surface area contributed by atoms with Crippen molar-refractivity contribution in [2.45, 2.75) is 33.2 Å². The van der Waals surface area contributed by atoms with E-state index in [4.69, 9.17) is 11.6 Å². The number of thiophene rings is 1. The lowest BCUT2D eigenvalue weighted by Gasteiger charge is -2.24. The standard InChI is InChI=1S/C12H19BrClNS/c1-12(2,4-3-5-14)9-15-7-11-6-10(13)8-16-11/h6,8,15H,3-5,7,9H2,1-2H3. The molecule has 0 aliphatic heterocycles. The topological polar surface area (TPSA) is 12.0 Å². The maximum atomic E-state index is 5.72. The summed E-state index contributed by atoms with van der Waals surface area (Å²) in [4.78, 5) is 1.38. The van der Waals surface area contributed by atoms with Gasteiger partial charge >= 0.3 is 0 Å². The van der Waals surface area contributed by atoms with E-state index in [1.165, 1.54) is 15.8 Å². The van der Waals surface area contributed by atoms with Gasteiger partial charge in [-0.15, -0.1) is 22.9 Å². The first-order valence-corrected chi connectivity index (χ1v) is 7.74. The largest absolute Gasteiger partial charge is 0.311 e. The molecule has 1 aromatic heterocycles. The molecule has 0 saturated carbocycles. The van der Waals surface area contributed by atoms with E-state index < -0.39 is 0 Å². The number of nitrogens with one attached hydrogen (secondary N) is 1. The van der Waals surface area contributed by atoms with Crippen LogP contribution in [0.15, 0.2) is 15.9 Å². The van der Waals surface area contributed by atoms with Gasteiger partial charge in [0.1, 0.15) is 0 Å². The second-order valence-electron chi connectivity index (χ2n) is 4.79. The van der Waals surface area contributed by atoms with Crippen molar-refractivity contribution in [2.24, 2.45) is 5.41 Å². The van der Waals surface area contributed by atoms with Crippen molar-refractivity contribution in [3.63, 3.8) is 0 Å². The monoisotopic (exact) mass is 323 g/mol. The molecule has 0 amide bonds. The van der Waals surface area contributed by atoms with Crippen molar-refractivity contribution in [3.8, 4) is 0 Å². The molecule has 0 fully saturated rings. The molecule has 0 aromatic carbocycles. The zero-order chi connectivity index (χ0) is 12.0. The van der Waals surface area contributed by atoms with E-state index in [0.717, 1.165) is 25.4 Å². The van der Waals surface area contributed by atoms with Gasteiger partial charge in [0.05, 0.1) is 0 Å². The maximum absolute atomic E-state index is 5.72. The van der Waals surface area contributed by atoms with Gasteiger partial charge in [-0.3, -0.25) is 0 Å². The van der Waals surface area contributed by atoms with Crippen LogP contribution in [0.3, 0.4) is 0 Å². The van der Waals surface area contributed by atoms with Crippen molar-refractivity contribution in [1.29, 1.82) is 0 Å². The Morgan fingerprint density at radius 1 is 1.50 bits per heavy atom. The van der Waals surface area contributed by atoms with E-state index in [-0.39, 0.29) is 0 Å². The van der Waals surface area contributed by atoms with Crippen LogP contribution in [0.4, 0.5) is 0 Å². The van der Waals surface area contributed by atoms with E-state index in [1.54, 1.807) is 11.3 Å². The summed E-state index contributed by atoms with van der Waals surface area (Å²) in [6.07, 6.45) is 2.28. The Morgan fingerprint density at radius 3 is 2.81 bits per heavy atom. The molecule has 16 heavy (non-hydrogen) atoms. The summed E-state index contributed by atoms with van der Waals surface area (Å²) in [6, 6.07) is 2.17. The van der Waals surface area contributed by atoms with Crippen molar-refractivity contribution in [2.75, 3.05) is 12.4 Å². The number of alkyl halides is 1. The molecule has 4 heteroatoms. The highest BCUT2D eigenvalue weighted by atomic mass is 79.9. The second-order valence-corrected chi connectivity index (χ2v) is 7.08. The predicted octanol–water partition coefficient (Wildman–Crippen LogP) is 4.65. The summed E-state index contributed by atoms with van der Waals surface area (Å²) in [5.74, 6) is 0.765. The van der Waals surface area contributed by atoms with Crippen LogP contribution in [0.2, 0.25) is 0 Å². The minimum absolute atomic E-state index is 0.337. The molecule has 0 aliphatic carbocycles. The third-order valence-corrected chi connectivity index (χ3v) is 4.48. The zero-order valence-electron chi connectivity index (χ0n) is 9.85. The number of rotatable bonds is 7. The summed E-state index contributed by atoms with van der Waals surface area (Å²) >= 11 is 11.0. The Bertz CT molecular complexity index is 312. The lowest BCUT2D eigenvalue weighted by atomic mass is 9.88. The van der Waals surface area contributed by atoms with Crippen LogP contribution in [0.1, 0.15) is 31.6 Å². The van der Waals surface area contributed by atoms with Gasteiger partial charge in [0, 0.05) is 33.7 Å². The van der Waals surface area contributed by atoms with E-state index in [2.05, 4.69) is 46.5 Å². The molecule has 1 heterocycles. The predicted molar refractivity (Wildman–Crippen MR) is 77.5 cm³/mol. The molecular formula is C12H19BrClNS. The highest BCUT2D eigenvalue weighted by Gasteiger charge is 2.16. The Morgan fingerprint density at radius 2 is 2.25 bits per heavy atom. The highest BCUT2D eigenvalue weighted by Crippen LogP contribution is 2.23. The van der Waals surface area contributed by atoms with Crippen LogP contribution in [-0.4, -0.2) is 12.4 Å². The average Bonchev–Trinajstić information content (AvgIpc) is 2.61. The SMILES string of the molecule is CC(C)(CCCCl)CNCc1cc(Br)cs1. The van der Waals surface area contributed by atoms with Crippen LogP contribution >= 0.6 is 38.9 Å². The van der Waals surface area contributed by atoms with Crippen molar-refractivity contribution in [3.05, 3.63) is 20.8 Å². The lowest BCUT2D eigenvalue weighted by Crippen LogP contribution is -2.28. The Hall–Kier alpha value is 0.430. The fourth-order valence-electron chi connectivity index (χ4n) is 1.60. The minimum Gasteiger partial charge on any atom is -0.311 e. The molecule has 0 spiro atoms. The molecule has 1 aromatic rings. The fraction of sp³-hybridized carbons (Fsp3) is 0.667. The Labute approximate surface area is 116 Å². The van der Waals surface area contributed by atoms with E-state index in [1.807, 2.05) is 0 Å². The van der Waals surface area contributed by atoms with Crippen molar-refractivity contribution < 1.29 is 0 Å². The van der Waals surface area contributed by atoms with Gasteiger partial charge in [-0.2, -0.15) is 0 Å². The summed E-state index contributed by atoms with van der Waals surface area (Å²) in [7, 11) is 0. The van der Waals surface area contributed by atoms with E-state index >= 15 is 0 Å². The average molecular weight is 325 g/mol. The normalized spacial score (nSPS) is 12.0. The Balaban J connectivity index is 2.24. The van der Waals surface area contributed by atoms with E-state index in [9.17, 15) is 0 Å². The first-order chi connectivity index (χ1) is 7.53. The van der Waals surface area contributed by atoms with Gasteiger partial charge in [-0.1, -0.05) is 13.8 Å². The first-order valence-electron chi connectivity index (χ1n) is 5.53. The van der Waals surface area contributed by atoms with Gasteiger partial charge in [0.2, 0.25) is 0 Å². The maximum Gasteiger partial charge on any atom is 0.0300 e. The fourth-order valence-corrected chi connectivity index (χ4v) is 3.16. The summed E-state index contributed by atoms with van der Waals surface area (Å²) in [5.41, 5.74) is 0.337. The first kappa shape index (κ1) is 14.5. The molecule has 0 unspecified atom stereocenters.